The highest BCUT2D eigenvalue weighted by Crippen LogP contribution is 2.03. The molecule has 0 spiro atoms. The molecule has 2 N–H and O–H groups in total. The molecule has 0 aromatic heterocycles. The maximum absolute atomic E-state index is 8.63. The highest BCUT2D eigenvalue weighted by molar-refractivity contribution is 5.19. The summed E-state index contributed by atoms with van der Waals surface area (Å²) in [5.41, 5.74) is 0. The van der Waals surface area contributed by atoms with Crippen LogP contribution in [0.4, 0.5) is 0 Å². The minimum absolute atomic E-state index is 0. The fourth-order valence-electron chi connectivity index (χ4n) is 1.24. The van der Waals surface area contributed by atoms with E-state index in [0.29, 0.717) is 11.5 Å². The van der Waals surface area contributed by atoms with Crippen molar-refractivity contribution < 1.29 is 10.2 Å². The monoisotopic (exact) mass is 370 g/mol. The SMILES string of the molecule is C.CCC.CCC.Oc1ccccc1.Oc1ccccc1.c1ccccc1. The van der Waals surface area contributed by atoms with Gasteiger partial charge in [0.2, 0.25) is 0 Å². The summed E-state index contributed by atoms with van der Waals surface area (Å²) in [4.78, 5) is 0. The maximum atomic E-state index is 8.63. The highest BCUT2D eigenvalue weighted by atomic mass is 16.3. The fraction of sp³-hybridized carbons (Fsp3) is 0.280. The van der Waals surface area contributed by atoms with Gasteiger partial charge in [0.25, 0.3) is 0 Å². The average molecular weight is 371 g/mol. The molecule has 0 atom stereocenters. The summed E-state index contributed by atoms with van der Waals surface area (Å²) in [6.07, 6.45) is 2.50. The first-order chi connectivity index (χ1) is 12.6. The predicted molar refractivity (Wildman–Crippen MR) is 121 cm³/mol. The van der Waals surface area contributed by atoms with Crippen molar-refractivity contribution in [2.45, 2.75) is 48.0 Å². The smallest absolute Gasteiger partial charge is 0.115 e. The molecular formula is C25H38O2. The molecule has 0 fully saturated rings. The Morgan fingerprint density at radius 1 is 0.444 bits per heavy atom. The van der Waals surface area contributed by atoms with Crippen molar-refractivity contribution in [2.75, 3.05) is 0 Å². The van der Waals surface area contributed by atoms with E-state index in [-0.39, 0.29) is 7.43 Å². The Balaban J connectivity index is -0.000000277. The summed E-state index contributed by atoms with van der Waals surface area (Å²) in [7, 11) is 0. The molecule has 0 amide bonds. The van der Waals surface area contributed by atoms with Crippen LogP contribution in [0.5, 0.6) is 11.5 Å². The van der Waals surface area contributed by atoms with Crippen molar-refractivity contribution in [1.82, 2.24) is 0 Å². The average Bonchev–Trinajstić information content (AvgIpc) is 2.67. The van der Waals surface area contributed by atoms with E-state index in [1.54, 1.807) is 48.5 Å². The molecule has 3 rings (SSSR count). The first-order valence-corrected chi connectivity index (χ1v) is 9.10. The van der Waals surface area contributed by atoms with Crippen LogP contribution in [-0.4, -0.2) is 10.2 Å². The Kier molecular flexibility index (Phi) is 27.4. The van der Waals surface area contributed by atoms with Crippen molar-refractivity contribution in [3.63, 3.8) is 0 Å². The molecule has 0 radical (unpaired) electrons. The van der Waals surface area contributed by atoms with E-state index in [1.807, 2.05) is 48.5 Å². The number of hydrogen-bond donors (Lipinski definition) is 2. The molecule has 3 aromatic rings. The Bertz CT molecular complexity index is 500. The number of aromatic hydroxyl groups is 2. The number of hydrogen-bond acceptors (Lipinski definition) is 2. The molecule has 0 aliphatic rings. The third-order valence-electron chi connectivity index (χ3n) is 2.18. The zero-order valence-electron chi connectivity index (χ0n) is 16.5. The van der Waals surface area contributed by atoms with E-state index in [4.69, 9.17) is 10.2 Å². The molecule has 0 saturated carbocycles. The normalized spacial score (nSPS) is 7.56. The zero-order chi connectivity index (χ0) is 19.9. The Hall–Kier alpha value is -2.74. The van der Waals surface area contributed by atoms with Gasteiger partial charge >= 0.3 is 0 Å². The lowest BCUT2D eigenvalue weighted by Gasteiger charge is -1.82. The van der Waals surface area contributed by atoms with Crippen LogP contribution < -0.4 is 0 Å². The van der Waals surface area contributed by atoms with E-state index in [1.165, 1.54) is 12.8 Å². The Labute approximate surface area is 167 Å². The summed E-state index contributed by atoms with van der Waals surface area (Å²) in [5, 5.41) is 17.3. The van der Waals surface area contributed by atoms with Gasteiger partial charge in [0, 0.05) is 0 Å². The van der Waals surface area contributed by atoms with Crippen LogP contribution in [0, 0.1) is 0 Å². The standard InChI is InChI=1S/2C6H6O.C6H6.2C3H8.CH4/c2*7-6-4-2-1-3-5-6;1-2-4-6-5-3-1;2*1-3-2;/h2*1-5,7H;1-6H;2*3H2,1-2H3;1H4. The van der Waals surface area contributed by atoms with Gasteiger partial charge < -0.3 is 10.2 Å². The van der Waals surface area contributed by atoms with Gasteiger partial charge in [0.15, 0.2) is 0 Å². The van der Waals surface area contributed by atoms with E-state index in [0.717, 1.165) is 0 Å². The van der Waals surface area contributed by atoms with Crippen LogP contribution in [-0.2, 0) is 0 Å². The van der Waals surface area contributed by atoms with Crippen molar-refractivity contribution in [1.29, 1.82) is 0 Å². The molecule has 150 valence electrons. The largest absolute Gasteiger partial charge is 0.508 e. The van der Waals surface area contributed by atoms with Crippen molar-refractivity contribution in [2.24, 2.45) is 0 Å². The van der Waals surface area contributed by atoms with E-state index in [9.17, 15) is 0 Å². The van der Waals surface area contributed by atoms with E-state index >= 15 is 0 Å². The van der Waals surface area contributed by atoms with Gasteiger partial charge in [-0.15, -0.1) is 0 Å². The van der Waals surface area contributed by atoms with Gasteiger partial charge in [-0.3, -0.25) is 0 Å². The van der Waals surface area contributed by atoms with Crippen LogP contribution >= 0.6 is 0 Å². The molecule has 0 saturated heterocycles. The fourth-order valence-corrected chi connectivity index (χ4v) is 1.24. The lowest BCUT2D eigenvalue weighted by molar-refractivity contribution is 0.475. The molecule has 2 heteroatoms. The first kappa shape index (κ1) is 29.0. The second kappa shape index (κ2) is 25.5. The summed E-state index contributed by atoms with van der Waals surface area (Å²) in [6.45, 7) is 8.50. The highest BCUT2D eigenvalue weighted by Gasteiger charge is 1.75. The van der Waals surface area contributed by atoms with Gasteiger partial charge in [-0.25, -0.2) is 0 Å². The molecule has 27 heavy (non-hydrogen) atoms. The summed E-state index contributed by atoms with van der Waals surface area (Å²) in [6, 6.07) is 29.4. The van der Waals surface area contributed by atoms with Gasteiger partial charge in [-0.05, 0) is 24.3 Å². The van der Waals surface area contributed by atoms with E-state index < -0.39 is 0 Å². The predicted octanol–water partition coefficient (Wildman–Crippen LogP) is 7.94. The molecule has 0 unspecified atom stereocenters. The van der Waals surface area contributed by atoms with Gasteiger partial charge in [0.1, 0.15) is 11.5 Å². The number of rotatable bonds is 0. The Morgan fingerprint density at radius 2 is 0.593 bits per heavy atom. The van der Waals surface area contributed by atoms with Crippen LogP contribution in [0.15, 0.2) is 97.1 Å². The quantitative estimate of drug-likeness (QED) is 0.421. The third-order valence-corrected chi connectivity index (χ3v) is 2.18. The third kappa shape index (κ3) is 28.3. The lowest BCUT2D eigenvalue weighted by Crippen LogP contribution is -1.56. The molecule has 0 aliphatic carbocycles. The zero-order valence-corrected chi connectivity index (χ0v) is 16.5. The molecule has 0 heterocycles. The topological polar surface area (TPSA) is 40.5 Å². The molecular weight excluding hydrogens is 332 g/mol. The Morgan fingerprint density at radius 3 is 0.704 bits per heavy atom. The number of phenolic OH excluding ortho intramolecular Hbond substituents is 2. The second-order valence-corrected chi connectivity index (χ2v) is 5.24. The van der Waals surface area contributed by atoms with Crippen molar-refractivity contribution in [3.8, 4) is 11.5 Å². The minimum Gasteiger partial charge on any atom is -0.508 e. The maximum Gasteiger partial charge on any atom is 0.115 e. The van der Waals surface area contributed by atoms with Crippen molar-refractivity contribution in [3.05, 3.63) is 97.1 Å². The van der Waals surface area contributed by atoms with Gasteiger partial charge in [-0.2, -0.15) is 0 Å². The summed E-state index contributed by atoms with van der Waals surface area (Å²) < 4.78 is 0. The van der Waals surface area contributed by atoms with Gasteiger partial charge in [-0.1, -0.05) is 121 Å². The van der Waals surface area contributed by atoms with Crippen LogP contribution in [0.3, 0.4) is 0 Å². The second-order valence-electron chi connectivity index (χ2n) is 5.24. The molecule has 2 nitrogen and oxygen atoms in total. The van der Waals surface area contributed by atoms with Crippen LogP contribution in [0.25, 0.3) is 0 Å². The molecule has 0 aliphatic heterocycles. The van der Waals surface area contributed by atoms with Crippen molar-refractivity contribution >= 4 is 0 Å². The lowest BCUT2D eigenvalue weighted by atomic mass is 10.3. The number of benzene rings is 3. The number of para-hydroxylation sites is 2. The van der Waals surface area contributed by atoms with Crippen LogP contribution in [0.1, 0.15) is 48.0 Å². The minimum atomic E-state index is 0. The molecule has 3 aromatic carbocycles. The summed E-state index contributed by atoms with van der Waals surface area (Å²) in [5.74, 6) is 0.644. The molecule has 0 bridgehead atoms. The van der Waals surface area contributed by atoms with Gasteiger partial charge in [0.05, 0.1) is 0 Å². The first-order valence-electron chi connectivity index (χ1n) is 9.10. The van der Waals surface area contributed by atoms with Crippen LogP contribution in [0.2, 0.25) is 0 Å². The number of phenols is 2. The summed E-state index contributed by atoms with van der Waals surface area (Å²) >= 11 is 0. The van der Waals surface area contributed by atoms with E-state index in [2.05, 4.69) is 27.7 Å².